The van der Waals surface area contributed by atoms with Gasteiger partial charge < -0.3 is 14.6 Å². The van der Waals surface area contributed by atoms with Gasteiger partial charge >= 0.3 is 10.8 Å². The predicted molar refractivity (Wildman–Crippen MR) is 79.7 cm³/mol. The number of rotatable bonds is 4. The zero-order valence-corrected chi connectivity index (χ0v) is 13.1. The second-order valence-electron chi connectivity index (χ2n) is 5.35. The van der Waals surface area contributed by atoms with E-state index in [1.54, 1.807) is 4.57 Å². The number of piperidine rings is 1. The summed E-state index contributed by atoms with van der Waals surface area (Å²) in [6.45, 7) is 4.55. The molecule has 21 heavy (non-hydrogen) atoms. The number of aliphatic carboxylic acids is 1. The Morgan fingerprint density at radius 1 is 1.33 bits per heavy atom. The summed E-state index contributed by atoms with van der Waals surface area (Å²) in [4.78, 5) is 37.6. The lowest BCUT2D eigenvalue weighted by Gasteiger charge is -2.33. The van der Waals surface area contributed by atoms with E-state index in [2.05, 4.69) is 0 Å². The number of hydrogen-bond acceptors (Lipinski definition) is 4. The number of likely N-dealkylation sites (tertiary alicyclic amines) is 1. The Morgan fingerprint density at radius 3 is 2.62 bits per heavy atom. The summed E-state index contributed by atoms with van der Waals surface area (Å²) in [5, 5.41) is 9.19. The Hall–Kier alpha value is -1.63. The van der Waals surface area contributed by atoms with Crippen molar-refractivity contribution in [1.29, 1.82) is 0 Å². The van der Waals surface area contributed by atoms with Gasteiger partial charge in [-0.05, 0) is 33.1 Å². The van der Waals surface area contributed by atoms with Crippen LogP contribution >= 0.6 is 11.3 Å². The Balaban J connectivity index is 2.04. The largest absolute Gasteiger partial charge is 0.480 e. The number of nitrogens with zero attached hydrogens (tertiary/aromatic N) is 2. The molecule has 1 fully saturated rings. The summed E-state index contributed by atoms with van der Waals surface area (Å²) < 4.78 is 1.59. The van der Waals surface area contributed by atoms with Crippen molar-refractivity contribution in [2.45, 2.75) is 52.1 Å². The molecule has 1 aromatic heterocycles. The number of thiazole rings is 1. The third-order valence-corrected chi connectivity index (χ3v) is 5.03. The van der Waals surface area contributed by atoms with Gasteiger partial charge in [-0.3, -0.25) is 9.59 Å². The van der Waals surface area contributed by atoms with Gasteiger partial charge in [0, 0.05) is 30.1 Å². The minimum Gasteiger partial charge on any atom is -0.480 e. The fraction of sp³-hybridized carbons (Fsp3) is 0.643. The molecule has 2 heterocycles. The summed E-state index contributed by atoms with van der Waals surface area (Å²) in [6.07, 6.45) is 2.35. The van der Waals surface area contributed by atoms with Crippen molar-refractivity contribution in [2.75, 3.05) is 6.54 Å². The van der Waals surface area contributed by atoms with Crippen molar-refractivity contribution in [2.24, 2.45) is 0 Å². The topological polar surface area (TPSA) is 79.6 Å². The lowest BCUT2D eigenvalue weighted by molar-refractivity contribution is -0.152. The van der Waals surface area contributed by atoms with E-state index in [1.807, 2.05) is 13.8 Å². The van der Waals surface area contributed by atoms with Crippen LogP contribution < -0.4 is 4.87 Å². The first-order valence-electron chi connectivity index (χ1n) is 7.11. The predicted octanol–water partition coefficient (Wildman–Crippen LogP) is 1.38. The van der Waals surface area contributed by atoms with E-state index in [4.69, 9.17) is 0 Å². The van der Waals surface area contributed by atoms with Crippen LogP contribution in [0.2, 0.25) is 0 Å². The quantitative estimate of drug-likeness (QED) is 0.911. The van der Waals surface area contributed by atoms with E-state index in [1.165, 1.54) is 16.2 Å². The normalized spacial score (nSPS) is 18.8. The average Bonchev–Trinajstić information content (AvgIpc) is 2.70. The fourth-order valence-electron chi connectivity index (χ4n) is 2.68. The van der Waals surface area contributed by atoms with Gasteiger partial charge in [0.1, 0.15) is 6.04 Å². The molecule has 6 nitrogen and oxygen atoms in total. The average molecular weight is 312 g/mol. The molecule has 1 N–H and O–H groups in total. The highest BCUT2D eigenvalue weighted by Gasteiger charge is 2.31. The second kappa shape index (κ2) is 6.43. The minimum atomic E-state index is -0.942. The highest BCUT2D eigenvalue weighted by Crippen LogP contribution is 2.18. The molecule has 7 heteroatoms. The van der Waals surface area contributed by atoms with E-state index in [-0.39, 0.29) is 17.2 Å². The lowest BCUT2D eigenvalue weighted by Crippen LogP contribution is -2.48. The van der Waals surface area contributed by atoms with E-state index < -0.39 is 12.0 Å². The highest BCUT2D eigenvalue weighted by atomic mass is 32.1. The maximum Gasteiger partial charge on any atom is 0.326 e. The van der Waals surface area contributed by atoms with Crippen molar-refractivity contribution >= 4 is 23.2 Å². The van der Waals surface area contributed by atoms with E-state index in [9.17, 15) is 19.5 Å². The number of aromatic nitrogens is 1. The van der Waals surface area contributed by atoms with E-state index in [0.717, 1.165) is 23.4 Å². The van der Waals surface area contributed by atoms with Crippen molar-refractivity contribution in [3.05, 3.63) is 20.2 Å². The molecule has 0 bridgehead atoms. The number of carboxylic acid groups (broad SMARTS) is 1. The molecule has 1 saturated heterocycles. The minimum absolute atomic E-state index is 0.0637. The van der Waals surface area contributed by atoms with Gasteiger partial charge in [0.2, 0.25) is 5.91 Å². The van der Waals surface area contributed by atoms with Crippen molar-refractivity contribution in [3.63, 3.8) is 0 Å². The van der Waals surface area contributed by atoms with Crippen molar-refractivity contribution in [1.82, 2.24) is 9.47 Å². The molecule has 1 unspecified atom stereocenters. The summed E-state index contributed by atoms with van der Waals surface area (Å²) in [7, 11) is 0. The number of aryl methyl sites for hydroxylation is 1. The van der Waals surface area contributed by atoms with Crippen LogP contribution in [-0.2, 0) is 16.1 Å². The Labute approximate surface area is 127 Å². The Kier molecular flexibility index (Phi) is 4.82. The first kappa shape index (κ1) is 15.8. The van der Waals surface area contributed by atoms with Crippen LogP contribution in [0, 0.1) is 13.8 Å². The molecule has 116 valence electrons. The number of carbonyl (C=O) groups is 2. The van der Waals surface area contributed by atoms with Crippen LogP contribution in [0.4, 0.5) is 0 Å². The van der Waals surface area contributed by atoms with Gasteiger partial charge in [-0.1, -0.05) is 11.3 Å². The highest BCUT2D eigenvalue weighted by molar-refractivity contribution is 7.09. The van der Waals surface area contributed by atoms with Crippen LogP contribution in [0.5, 0.6) is 0 Å². The summed E-state index contributed by atoms with van der Waals surface area (Å²) in [5.41, 5.74) is 0.881. The first-order valence-corrected chi connectivity index (χ1v) is 7.92. The zero-order chi connectivity index (χ0) is 15.6. The molecular weight excluding hydrogens is 292 g/mol. The third kappa shape index (κ3) is 3.34. The van der Waals surface area contributed by atoms with Gasteiger partial charge in [0.05, 0.1) is 0 Å². The number of amides is 1. The third-order valence-electron chi connectivity index (χ3n) is 4.03. The van der Waals surface area contributed by atoms with Crippen molar-refractivity contribution < 1.29 is 14.7 Å². The number of hydrogen-bond donors (Lipinski definition) is 1. The molecular formula is C14H20N2O4S. The van der Waals surface area contributed by atoms with Crippen molar-refractivity contribution in [3.8, 4) is 0 Å². The Bertz CT molecular complexity index is 605. The standard InChI is InChI=1S/C14H20N2O4S/c1-9-10(2)21-14(20)15(9)8-6-12(17)16-7-4-3-5-11(16)13(18)19/h11H,3-8H2,1-2H3,(H,18,19). The van der Waals surface area contributed by atoms with Gasteiger partial charge in [-0.25, -0.2) is 4.79 Å². The molecule has 0 saturated carbocycles. The number of carbonyl (C=O) groups excluding carboxylic acids is 1. The second-order valence-corrected chi connectivity index (χ2v) is 6.51. The maximum atomic E-state index is 12.3. The Morgan fingerprint density at radius 2 is 2.05 bits per heavy atom. The van der Waals surface area contributed by atoms with E-state index >= 15 is 0 Å². The van der Waals surface area contributed by atoms with Gasteiger partial charge in [-0.2, -0.15) is 0 Å². The maximum absolute atomic E-state index is 12.3. The molecule has 0 spiro atoms. The van der Waals surface area contributed by atoms with Gasteiger partial charge in [0.25, 0.3) is 0 Å². The summed E-state index contributed by atoms with van der Waals surface area (Å²) in [6, 6.07) is -0.715. The summed E-state index contributed by atoms with van der Waals surface area (Å²) in [5.74, 6) is -1.12. The van der Waals surface area contributed by atoms with Gasteiger partial charge in [-0.15, -0.1) is 0 Å². The van der Waals surface area contributed by atoms with Crippen LogP contribution in [0.25, 0.3) is 0 Å². The van der Waals surface area contributed by atoms with Crippen LogP contribution in [0.15, 0.2) is 4.79 Å². The molecule has 1 aliphatic heterocycles. The fourth-order valence-corrected chi connectivity index (χ4v) is 3.54. The lowest BCUT2D eigenvalue weighted by atomic mass is 10.0. The molecule has 0 radical (unpaired) electrons. The van der Waals surface area contributed by atoms with Crippen LogP contribution in [-0.4, -0.2) is 39.0 Å². The van der Waals surface area contributed by atoms with E-state index in [0.29, 0.717) is 19.5 Å². The molecule has 1 aliphatic rings. The van der Waals surface area contributed by atoms with Gasteiger partial charge in [0.15, 0.2) is 0 Å². The molecule has 0 aromatic carbocycles. The molecule has 2 rings (SSSR count). The van der Waals surface area contributed by atoms with Crippen LogP contribution in [0.1, 0.15) is 36.3 Å². The molecule has 1 amide bonds. The molecule has 1 aromatic rings. The smallest absolute Gasteiger partial charge is 0.326 e. The monoisotopic (exact) mass is 312 g/mol. The number of carboxylic acids is 1. The zero-order valence-electron chi connectivity index (χ0n) is 12.3. The molecule has 0 aliphatic carbocycles. The molecule has 1 atom stereocenters. The SMILES string of the molecule is Cc1sc(=O)n(CCC(=O)N2CCCCC2C(=O)O)c1C. The summed E-state index contributed by atoms with van der Waals surface area (Å²) >= 11 is 1.18. The van der Waals surface area contributed by atoms with Crippen LogP contribution in [0.3, 0.4) is 0 Å². The first-order chi connectivity index (χ1) is 9.91.